The van der Waals surface area contributed by atoms with E-state index in [0.717, 1.165) is 11.1 Å². The summed E-state index contributed by atoms with van der Waals surface area (Å²) in [6, 6.07) is 11.9. The maximum Gasteiger partial charge on any atom is 0.326 e. The van der Waals surface area contributed by atoms with Crippen LogP contribution in [-0.2, 0) is 0 Å². The number of nitrogens with one attached hydrogen (secondary N) is 2. The van der Waals surface area contributed by atoms with Crippen LogP contribution in [0.5, 0.6) is 0 Å². The van der Waals surface area contributed by atoms with Crippen LogP contribution in [0.25, 0.3) is 33.5 Å². The number of hydrogen-bond acceptors (Lipinski definition) is 3. The molecule has 0 aliphatic rings. The first-order valence-electron chi connectivity index (χ1n) is 6.77. The monoisotopic (exact) mass is 310 g/mol. The Hall–Kier alpha value is -2.66. The molecule has 0 bridgehead atoms. The van der Waals surface area contributed by atoms with E-state index in [4.69, 9.17) is 11.6 Å². The Balaban J connectivity index is 2.01. The van der Waals surface area contributed by atoms with E-state index >= 15 is 0 Å². The Kier molecular flexibility index (Phi) is 2.77. The van der Waals surface area contributed by atoms with Gasteiger partial charge in [-0.25, -0.2) is 14.8 Å². The number of halogens is 1. The van der Waals surface area contributed by atoms with Crippen LogP contribution in [0.3, 0.4) is 0 Å². The van der Waals surface area contributed by atoms with E-state index in [1.54, 1.807) is 0 Å². The summed E-state index contributed by atoms with van der Waals surface area (Å²) in [6.45, 7) is 2.04. The van der Waals surface area contributed by atoms with Crippen LogP contribution in [-0.4, -0.2) is 19.9 Å². The molecule has 2 N–H and O–H groups in total. The van der Waals surface area contributed by atoms with Gasteiger partial charge >= 0.3 is 5.69 Å². The zero-order valence-electron chi connectivity index (χ0n) is 11.6. The van der Waals surface area contributed by atoms with Crippen LogP contribution < -0.4 is 5.69 Å². The van der Waals surface area contributed by atoms with Gasteiger partial charge in [0.2, 0.25) is 0 Å². The van der Waals surface area contributed by atoms with Gasteiger partial charge in [-0.2, -0.15) is 0 Å². The molecule has 4 aromatic rings. The van der Waals surface area contributed by atoms with Crippen LogP contribution in [0.4, 0.5) is 0 Å². The summed E-state index contributed by atoms with van der Waals surface area (Å²) in [5, 5.41) is 0.526. The van der Waals surface area contributed by atoms with Crippen LogP contribution in [0, 0.1) is 6.92 Å². The third-order valence-corrected chi connectivity index (χ3v) is 3.98. The molecule has 0 spiro atoms. The molecule has 2 heterocycles. The minimum Gasteiger partial charge on any atom is -0.289 e. The molecule has 0 fully saturated rings. The van der Waals surface area contributed by atoms with Gasteiger partial charge in [0.1, 0.15) is 5.52 Å². The Morgan fingerprint density at radius 2 is 1.64 bits per heavy atom. The van der Waals surface area contributed by atoms with Gasteiger partial charge in [-0.05, 0) is 18.6 Å². The number of fused-ring (bicyclic) bond motifs is 2. The Bertz CT molecular complexity index is 1060. The van der Waals surface area contributed by atoms with Crippen molar-refractivity contribution in [3.63, 3.8) is 0 Å². The maximum atomic E-state index is 11.3. The lowest BCUT2D eigenvalue weighted by atomic mass is 10.0. The molecule has 5 nitrogen and oxygen atoms in total. The maximum absolute atomic E-state index is 11.3. The highest BCUT2D eigenvalue weighted by atomic mass is 35.5. The Morgan fingerprint density at radius 3 is 2.36 bits per heavy atom. The molecular formula is C16H11ClN4O. The lowest BCUT2D eigenvalue weighted by Crippen LogP contribution is -1.99. The molecule has 0 aliphatic heterocycles. The highest BCUT2D eigenvalue weighted by Gasteiger charge is 2.12. The fourth-order valence-electron chi connectivity index (χ4n) is 2.47. The van der Waals surface area contributed by atoms with Crippen molar-refractivity contribution in [1.82, 2.24) is 19.9 Å². The number of H-pyrrole nitrogens is 2. The lowest BCUT2D eigenvalue weighted by molar-refractivity contribution is 1.20. The van der Waals surface area contributed by atoms with Crippen LogP contribution in [0.15, 0.2) is 41.2 Å². The predicted molar refractivity (Wildman–Crippen MR) is 87.2 cm³/mol. The van der Waals surface area contributed by atoms with E-state index < -0.39 is 0 Å². The molecule has 22 heavy (non-hydrogen) atoms. The number of hydrogen-bond donors (Lipinski definition) is 2. The molecule has 0 saturated heterocycles. The Labute approximate surface area is 130 Å². The van der Waals surface area contributed by atoms with E-state index in [-0.39, 0.29) is 5.69 Å². The molecule has 0 aliphatic carbocycles. The third-order valence-electron chi connectivity index (χ3n) is 3.60. The summed E-state index contributed by atoms with van der Waals surface area (Å²) >= 11 is 6.52. The number of aromatic amines is 2. The standard InChI is InChI=1S/C16H11ClN4O/c1-8-2-4-9(5-3-8)10-6-7-11-13(12(10)17)19-15-14(18-11)20-16(22)21-15/h2-7H,1H3,(H2,18,19,20,21,22). The van der Waals surface area contributed by atoms with Gasteiger partial charge < -0.3 is 0 Å². The van der Waals surface area contributed by atoms with Crippen molar-refractivity contribution in [2.24, 2.45) is 0 Å². The second-order valence-corrected chi connectivity index (χ2v) is 5.54. The average molecular weight is 311 g/mol. The Morgan fingerprint density at radius 1 is 0.955 bits per heavy atom. The van der Waals surface area contributed by atoms with Crippen molar-refractivity contribution in [2.75, 3.05) is 0 Å². The zero-order valence-corrected chi connectivity index (χ0v) is 12.4. The summed E-state index contributed by atoms with van der Waals surface area (Å²) in [5.74, 6) is 0. The molecular weight excluding hydrogens is 300 g/mol. The molecule has 108 valence electrons. The van der Waals surface area contributed by atoms with Crippen molar-refractivity contribution >= 4 is 33.9 Å². The van der Waals surface area contributed by atoms with Crippen molar-refractivity contribution in [1.29, 1.82) is 0 Å². The van der Waals surface area contributed by atoms with Crippen molar-refractivity contribution < 1.29 is 0 Å². The second-order valence-electron chi connectivity index (χ2n) is 5.16. The van der Waals surface area contributed by atoms with Gasteiger partial charge in [0.05, 0.1) is 10.5 Å². The third kappa shape index (κ3) is 1.98. The highest BCUT2D eigenvalue weighted by Crippen LogP contribution is 2.33. The second kappa shape index (κ2) is 4.68. The molecule has 0 saturated carbocycles. The largest absolute Gasteiger partial charge is 0.326 e. The smallest absolute Gasteiger partial charge is 0.289 e. The first kappa shape index (κ1) is 13.0. The van der Waals surface area contributed by atoms with Gasteiger partial charge in [-0.15, -0.1) is 0 Å². The minimum absolute atomic E-state index is 0.333. The van der Waals surface area contributed by atoms with Gasteiger partial charge in [-0.1, -0.05) is 47.5 Å². The minimum atomic E-state index is -0.333. The van der Waals surface area contributed by atoms with Gasteiger partial charge in [0.15, 0.2) is 11.3 Å². The quantitative estimate of drug-likeness (QED) is 0.565. The molecule has 0 atom stereocenters. The normalized spacial score (nSPS) is 11.4. The number of imidazole rings is 1. The van der Waals surface area contributed by atoms with E-state index in [1.165, 1.54) is 5.56 Å². The molecule has 0 amide bonds. The highest BCUT2D eigenvalue weighted by molar-refractivity contribution is 6.37. The fraction of sp³-hybridized carbons (Fsp3) is 0.0625. The van der Waals surface area contributed by atoms with Gasteiger partial charge in [0.25, 0.3) is 0 Å². The first-order chi connectivity index (χ1) is 10.6. The van der Waals surface area contributed by atoms with Crippen molar-refractivity contribution in [2.45, 2.75) is 6.92 Å². The SMILES string of the molecule is Cc1ccc(-c2ccc3nc4[nH]c(=O)[nH]c4nc3c2Cl)cc1. The molecule has 0 radical (unpaired) electrons. The number of aromatic nitrogens is 4. The van der Waals surface area contributed by atoms with E-state index in [9.17, 15) is 4.79 Å². The molecule has 6 heteroatoms. The molecule has 0 unspecified atom stereocenters. The van der Waals surface area contributed by atoms with Crippen LogP contribution in [0.2, 0.25) is 5.02 Å². The van der Waals surface area contributed by atoms with E-state index in [2.05, 4.69) is 19.9 Å². The summed E-state index contributed by atoms with van der Waals surface area (Å²) in [5.41, 5.74) is 4.80. The summed E-state index contributed by atoms with van der Waals surface area (Å²) < 4.78 is 0. The van der Waals surface area contributed by atoms with Crippen molar-refractivity contribution in [3.8, 4) is 11.1 Å². The molecule has 2 aromatic heterocycles. The number of aryl methyl sites for hydroxylation is 1. The number of benzene rings is 2. The van der Waals surface area contributed by atoms with E-state index in [1.807, 2.05) is 43.3 Å². The summed E-state index contributed by atoms with van der Waals surface area (Å²) in [6.07, 6.45) is 0. The average Bonchev–Trinajstić information content (AvgIpc) is 2.86. The molecule has 2 aromatic carbocycles. The van der Waals surface area contributed by atoms with Crippen LogP contribution in [0.1, 0.15) is 5.56 Å². The van der Waals surface area contributed by atoms with Crippen LogP contribution >= 0.6 is 11.6 Å². The molecule has 4 rings (SSSR count). The first-order valence-corrected chi connectivity index (χ1v) is 7.15. The van der Waals surface area contributed by atoms with Gasteiger partial charge in [0, 0.05) is 5.56 Å². The number of nitrogens with zero attached hydrogens (tertiary/aromatic N) is 2. The van der Waals surface area contributed by atoms with E-state index in [0.29, 0.717) is 27.4 Å². The topological polar surface area (TPSA) is 74.4 Å². The number of rotatable bonds is 1. The van der Waals surface area contributed by atoms with Gasteiger partial charge in [-0.3, -0.25) is 9.97 Å². The van der Waals surface area contributed by atoms with Crippen molar-refractivity contribution in [3.05, 3.63) is 57.5 Å². The summed E-state index contributed by atoms with van der Waals surface area (Å²) in [7, 11) is 0. The summed E-state index contributed by atoms with van der Waals surface area (Å²) in [4.78, 5) is 25.3. The predicted octanol–water partition coefficient (Wildman–Crippen LogP) is 3.43. The fourth-order valence-corrected chi connectivity index (χ4v) is 2.78. The zero-order chi connectivity index (χ0) is 15.3. The lowest BCUT2D eigenvalue weighted by Gasteiger charge is -2.07.